The van der Waals surface area contributed by atoms with E-state index in [1.807, 2.05) is 22.9 Å². The van der Waals surface area contributed by atoms with E-state index in [4.69, 9.17) is 9.47 Å². The Bertz CT molecular complexity index is 812. The second-order valence-corrected chi connectivity index (χ2v) is 9.34. The number of piperidine rings is 2. The lowest BCUT2D eigenvalue weighted by Gasteiger charge is -2.36. The van der Waals surface area contributed by atoms with E-state index in [0.717, 1.165) is 6.42 Å². The lowest BCUT2D eigenvalue weighted by atomic mass is 9.91. The molecule has 1 spiro atoms. The third kappa shape index (κ3) is 1.62. The van der Waals surface area contributed by atoms with Gasteiger partial charge in [-0.15, -0.1) is 22.7 Å². The van der Waals surface area contributed by atoms with Crippen molar-refractivity contribution in [3.63, 3.8) is 0 Å². The Kier molecular flexibility index (Phi) is 2.69. The van der Waals surface area contributed by atoms with Crippen molar-refractivity contribution >= 4 is 28.6 Å². The van der Waals surface area contributed by atoms with E-state index in [2.05, 4.69) is 11.9 Å². The Labute approximate surface area is 152 Å². The van der Waals surface area contributed by atoms with E-state index in [-0.39, 0.29) is 17.6 Å². The first kappa shape index (κ1) is 14.9. The van der Waals surface area contributed by atoms with Crippen molar-refractivity contribution in [2.75, 3.05) is 7.05 Å². The van der Waals surface area contributed by atoms with Crippen molar-refractivity contribution < 1.29 is 19.4 Å². The summed E-state index contributed by atoms with van der Waals surface area (Å²) in [6, 6.07) is 7.98. The number of rotatable bonds is 4. The van der Waals surface area contributed by atoms with Gasteiger partial charge in [0.25, 0.3) is 0 Å². The number of hydrogen-bond acceptors (Lipinski definition) is 7. The molecule has 4 bridgehead atoms. The highest BCUT2D eigenvalue weighted by molar-refractivity contribution is 7.12. The standard InChI is InChI=1S/C18H17NO4S2/c1-19-9-8-10(13-14(19)18(13)15(9)23-18)22-16(20)17(21,11-4-2-6-24-11)12-5-3-7-25-12/h2-7,9-10,13-15,21H,8H2,1H3/t9?,10?,13?,14?,15?,18-/m1/s1. The smallest absolute Gasteiger partial charge is 0.349 e. The number of ether oxygens (including phenoxy) is 2. The van der Waals surface area contributed by atoms with Gasteiger partial charge in [-0.25, -0.2) is 4.79 Å². The molecule has 3 saturated heterocycles. The molecule has 5 unspecified atom stereocenters. The van der Waals surface area contributed by atoms with Crippen LogP contribution in [0.25, 0.3) is 0 Å². The Hall–Kier alpha value is -1.25. The van der Waals surface area contributed by atoms with Crippen LogP contribution >= 0.6 is 22.7 Å². The van der Waals surface area contributed by atoms with Crippen molar-refractivity contribution in [2.24, 2.45) is 5.92 Å². The molecule has 25 heavy (non-hydrogen) atoms. The highest BCUT2D eigenvalue weighted by atomic mass is 32.1. The summed E-state index contributed by atoms with van der Waals surface area (Å²) >= 11 is 2.74. The maximum atomic E-state index is 13.1. The van der Waals surface area contributed by atoms with E-state index in [1.165, 1.54) is 22.7 Å². The van der Waals surface area contributed by atoms with E-state index in [9.17, 15) is 9.90 Å². The molecule has 2 aromatic rings. The first-order chi connectivity index (χ1) is 12.1. The van der Waals surface area contributed by atoms with Gasteiger partial charge in [-0.2, -0.15) is 0 Å². The molecule has 130 valence electrons. The van der Waals surface area contributed by atoms with Crippen LogP contribution in [0.4, 0.5) is 0 Å². The molecule has 7 rings (SSSR count). The van der Waals surface area contributed by atoms with Gasteiger partial charge in [-0.1, -0.05) is 12.1 Å². The number of epoxide rings is 1. The van der Waals surface area contributed by atoms with Gasteiger partial charge in [0.1, 0.15) is 17.8 Å². The summed E-state index contributed by atoms with van der Waals surface area (Å²) in [6.45, 7) is 0. The lowest BCUT2D eigenvalue weighted by Crippen LogP contribution is -2.48. The van der Waals surface area contributed by atoms with Crippen LogP contribution in [0.15, 0.2) is 35.0 Å². The highest BCUT2D eigenvalue weighted by Gasteiger charge is 2.93. The first-order valence-electron chi connectivity index (χ1n) is 8.49. The molecule has 7 heteroatoms. The van der Waals surface area contributed by atoms with Crippen molar-refractivity contribution in [1.29, 1.82) is 0 Å². The van der Waals surface area contributed by atoms with Crippen LogP contribution in [-0.4, -0.2) is 52.9 Å². The number of thiophene rings is 2. The fraction of sp³-hybridized carbons (Fsp3) is 0.500. The molecule has 0 amide bonds. The van der Waals surface area contributed by atoms with Crippen molar-refractivity contribution in [3.05, 3.63) is 44.8 Å². The van der Waals surface area contributed by atoms with Crippen LogP contribution in [0.1, 0.15) is 16.2 Å². The fourth-order valence-corrected chi connectivity index (χ4v) is 6.97. The zero-order chi connectivity index (χ0) is 17.0. The van der Waals surface area contributed by atoms with Gasteiger partial charge >= 0.3 is 5.97 Å². The molecule has 1 N–H and O–H groups in total. The van der Waals surface area contributed by atoms with Crippen molar-refractivity contribution in [2.45, 2.75) is 41.9 Å². The largest absolute Gasteiger partial charge is 0.459 e. The topological polar surface area (TPSA) is 62.3 Å². The Morgan fingerprint density at radius 2 is 2.04 bits per heavy atom. The Morgan fingerprint density at radius 3 is 2.52 bits per heavy atom. The van der Waals surface area contributed by atoms with Crippen LogP contribution in [0.5, 0.6) is 0 Å². The minimum atomic E-state index is -1.72. The minimum Gasteiger partial charge on any atom is -0.459 e. The number of hydrogen-bond donors (Lipinski definition) is 1. The number of aliphatic hydroxyl groups is 1. The molecule has 0 radical (unpaired) electrons. The van der Waals surface area contributed by atoms with E-state index in [0.29, 0.717) is 27.9 Å². The fourth-order valence-electron chi connectivity index (χ4n) is 5.26. The number of esters is 1. The molecule has 6 atom stereocenters. The van der Waals surface area contributed by atoms with Gasteiger partial charge in [-0.3, -0.25) is 4.90 Å². The van der Waals surface area contributed by atoms with Gasteiger partial charge in [0.2, 0.25) is 5.60 Å². The Morgan fingerprint density at radius 1 is 1.36 bits per heavy atom. The molecular formula is C18H17NO4S2. The van der Waals surface area contributed by atoms with E-state index in [1.54, 1.807) is 12.1 Å². The molecule has 5 nitrogen and oxygen atoms in total. The monoisotopic (exact) mass is 375 g/mol. The van der Waals surface area contributed by atoms with Gasteiger partial charge in [0, 0.05) is 18.4 Å². The van der Waals surface area contributed by atoms with Gasteiger partial charge in [0.05, 0.1) is 15.8 Å². The second kappa shape index (κ2) is 4.53. The maximum Gasteiger partial charge on any atom is 0.349 e. The molecule has 2 aromatic heterocycles. The summed E-state index contributed by atoms with van der Waals surface area (Å²) in [5.41, 5.74) is -1.77. The zero-order valence-corrected chi connectivity index (χ0v) is 15.1. The van der Waals surface area contributed by atoms with Crippen molar-refractivity contribution in [1.82, 2.24) is 4.90 Å². The third-order valence-electron chi connectivity index (χ3n) is 6.43. The summed E-state index contributed by atoms with van der Waals surface area (Å²) in [7, 11) is 2.14. The molecule has 5 aliphatic rings. The minimum absolute atomic E-state index is 0.0490. The lowest BCUT2D eigenvalue weighted by molar-refractivity contribution is -0.171. The molecule has 0 aromatic carbocycles. The molecule has 3 aliphatic heterocycles. The average molecular weight is 375 g/mol. The predicted octanol–water partition coefficient (Wildman–Crippen LogP) is 1.81. The van der Waals surface area contributed by atoms with Crippen LogP contribution in [-0.2, 0) is 19.9 Å². The second-order valence-electron chi connectivity index (χ2n) is 7.44. The normalized spacial score (nSPS) is 40.6. The summed E-state index contributed by atoms with van der Waals surface area (Å²) in [5.74, 6) is -0.307. The van der Waals surface area contributed by atoms with Gasteiger partial charge in [0.15, 0.2) is 0 Å². The summed E-state index contributed by atoms with van der Waals surface area (Å²) in [4.78, 5) is 16.7. The predicted molar refractivity (Wildman–Crippen MR) is 92.6 cm³/mol. The van der Waals surface area contributed by atoms with Crippen LogP contribution in [0.2, 0.25) is 0 Å². The van der Waals surface area contributed by atoms with Gasteiger partial charge in [-0.05, 0) is 29.9 Å². The molecule has 2 aliphatic carbocycles. The van der Waals surface area contributed by atoms with Crippen LogP contribution in [0, 0.1) is 5.92 Å². The molecule has 5 heterocycles. The first-order valence-corrected chi connectivity index (χ1v) is 10.3. The maximum absolute atomic E-state index is 13.1. The molecule has 5 fully saturated rings. The highest BCUT2D eigenvalue weighted by Crippen LogP contribution is 2.75. The summed E-state index contributed by atoms with van der Waals surface area (Å²) < 4.78 is 11.8. The van der Waals surface area contributed by atoms with E-state index >= 15 is 0 Å². The third-order valence-corrected chi connectivity index (χ3v) is 8.39. The molecule has 2 saturated carbocycles. The van der Waals surface area contributed by atoms with Gasteiger partial charge < -0.3 is 14.6 Å². The number of carbonyl (C=O) groups is 1. The van der Waals surface area contributed by atoms with Crippen LogP contribution < -0.4 is 0 Å². The number of nitrogens with zero attached hydrogens (tertiary/aromatic N) is 1. The summed E-state index contributed by atoms with van der Waals surface area (Å²) in [5, 5.41) is 15.1. The number of fused-ring (bicyclic) bond motifs is 1. The SMILES string of the molecule is CN1C2CC(OC(=O)C(O)(c3cccs3)c3cccs3)C3C1[C@]31OC21. The van der Waals surface area contributed by atoms with E-state index < -0.39 is 11.6 Å². The Balaban J connectivity index is 1.31. The molecular weight excluding hydrogens is 358 g/mol. The average Bonchev–Trinajstić information content (AvgIpc) is 3.20. The van der Waals surface area contributed by atoms with Crippen LogP contribution in [0.3, 0.4) is 0 Å². The number of carbonyl (C=O) groups excluding carboxylic acids is 1. The number of likely N-dealkylation sites (N-methyl/N-ethyl adjacent to an activating group) is 1. The quantitative estimate of drug-likeness (QED) is 0.652. The van der Waals surface area contributed by atoms with Crippen molar-refractivity contribution in [3.8, 4) is 0 Å². The zero-order valence-electron chi connectivity index (χ0n) is 13.5. The summed E-state index contributed by atoms with van der Waals surface area (Å²) in [6.07, 6.45) is 0.959. The number of morpholine rings is 1.